The minimum absolute atomic E-state index is 0.143. The molecule has 2 aromatic rings. The molecule has 0 aliphatic carbocycles. The molecular formula is C18H13Cl2NO3. The molecule has 0 N–H and O–H groups in total. The third kappa shape index (κ3) is 3.61. The van der Waals surface area contributed by atoms with Crippen LogP contribution in [0.5, 0.6) is 5.75 Å². The lowest BCUT2D eigenvalue weighted by Crippen LogP contribution is -2.06. The van der Waals surface area contributed by atoms with Crippen molar-refractivity contribution in [2.24, 2.45) is 4.99 Å². The van der Waals surface area contributed by atoms with Crippen LogP contribution in [0.1, 0.15) is 18.1 Å². The Morgan fingerprint density at radius 1 is 1.17 bits per heavy atom. The Labute approximate surface area is 149 Å². The van der Waals surface area contributed by atoms with Gasteiger partial charge in [-0.15, -0.1) is 0 Å². The predicted molar refractivity (Wildman–Crippen MR) is 94.7 cm³/mol. The van der Waals surface area contributed by atoms with Crippen LogP contribution < -0.4 is 4.74 Å². The topological polar surface area (TPSA) is 47.9 Å². The average molecular weight is 362 g/mol. The summed E-state index contributed by atoms with van der Waals surface area (Å²) < 4.78 is 10.6. The Hall–Kier alpha value is -2.30. The maximum absolute atomic E-state index is 12.0. The van der Waals surface area contributed by atoms with Gasteiger partial charge in [-0.1, -0.05) is 35.3 Å². The number of benzene rings is 2. The molecule has 0 aromatic heterocycles. The normalized spacial score (nSPS) is 15.4. The first kappa shape index (κ1) is 16.6. The monoisotopic (exact) mass is 361 g/mol. The van der Waals surface area contributed by atoms with Crippen molar-refractivity contribution in [2.45, 2.75) is 6.92 Å². The van der Waals surface area contributed by atoms with Crippen molar-refractivity contribution >= 4 is 41.1 Å². The van der Waals surface area contributed by atoms with Gasteiger partial charge < -0.3 is 9.47 Å². The van der Waals surface area contributed by atoms with E-state index in [1.807, 2.05) is 31.2 Å². The fourth-order valence-corrected chi connectivity index (χ4v) is 2.54. The molecule has 3 rings (SSSR count). The van der Waals surface area contributed by atoms with Crippen LogP contribution >= 0.6 is 23.2 Å². The summed E-state index contributed by atoms with van der Waals surface area (Å²) in [7, 11) is 0. The van der Waals surface area contributed by atoms with E-state index in [2.05, 4.69) is 4.99 Å². The second kappa shape index (κ2) is 7.07. The van der Waals surface area contributed by atoms with Crippen molar-refractivity contribution in [2.75, 3.05) is 6.61 Å². The van der Waals surface area contributed by atoms with E-state index in [0.29, 0.717) is 22.2 Å². The first-order valence-corrected chi connectivity index (χ1v) is 8.03. The number of halogens is 2. The summed E-state index contributed by atoms with van der Waals surface area (Å²) in [6.45, 7) is 2.52. The molecule has 0 saturated carbocycles. The Morgan fingerprint density at radius 3 is 2.62 bits per heavy atom. The fourth-order valence-electron chi connectivity index (χ4n) is 2.17. The lowest BCUT2D eigenvalue weighted by atomic mass is 10.2. The number of carbonyl (C=O) groups is 1. The standard InChI is InChI=1S/C18H13Cl2NO3/c1-2-23-13-6-3-11(4-7-13)9-16-18(22)24-17(21-16)14-10-12(19)5-8-15(14)20/h3-10H,2H2,1H3/b16-9+. The lowest BCUT2D eigenvalue weighted by molar-refractivity contribution is -0.129. The average Bonchev–Trinajstić information content (AvgIpc) is 2.92. The Balaban J connectivity index is 1.89. The van der Waals surface area contributed by atoms with Crippen LogP contribution in [0.4, 0.5) is 0 Å². The van der Waals surface area contributed by atoms with Crippen LogP contribution in [0, 0.1) is 0 Å². The molecule has 0 radical (unpaired) electrons. The van der Waals surface area contributed by atoms with Crippen LogP contribution in [-0.2, 0) is 9.53 Å². The highest BCUT2D eigenvalue weighted by Crippen LogP contribution is 2.26. The van der Waals surface area contributed by atoms with E-state index in [1.165, 1.54) is 0 Å². The van der Waals surface area contributed by atoms with E-state index in [1.54, 1.807) is 24.3 Å². The van der Waals surface area contributed by atoms with E-state index in [9.17, 15) is 4.79 Å². The number of aliphatic imine (C=N–C) groups is 1. The van der Waals surface area contributed by atoms with Gasteiger partial charge in [-0.25, -0.2) is 9.79 Å². The third-order valence-electron chi connectivity index (χ3n) is 3.27. The number of nitrogens with zero attached hydrogens (tertiary/aromatic N) is 1. The number of esters is 1. The largest absolute Gasteiger partial charge is 0.494 e. The quantitative estimate of drug-likeness (QED) is 0.583. The molecule has 24 heavy (non-hydrogen) atoms. The Kier molecular flexibility index (Phi) is 4.88. The second-order valence-electron chi connectivity index (χ2n) is 4.96. The molecule has 2 aromatic carbocycles. The minimum atomic E-state index is -0.532. The highest BCUT2D eigenvalue weighted by atomic mass is 35.5. The summed E-state index contributed by atoms with van der Waals surface area (Å²) in [6, 6.07) is 12.2. The van der Waals surface area contributed by atoms with Crippen LogP contribution in [0.3, 0.4) is 0 Å². The zero-order valence-electron chi connectivity index (χ0n) is 12.8. The Bertz CT molecular complexity index is 842. The molecule has 0 bridgehead atoms. The van der Waals surface area contributed by atoms with Gasteiger partial charge in [0.15, 0.2) is 5.70 Å². The molecule has 1 heterocycles. The SMILES string of the molecule is CCOc1ccc(/C=C2/N=C(c3cc(Cl)ccc3Cl)OC2=O)cc1. The molecule has 0 unspecified atom stereocenters. The molecule has 6 heteroatoms. The number of ether oxygens (including phenoxy) is 2. The van der Waals surface area contributed by atoms with Crippen molar-refractivity contribution in [3.63, 3.8) is 0 Å². The molecule has 1 aliphatic rings. The Morgan fingerprint density at radius 2 is 1.92 bits per heavy atom. The predicted octanol–water partition coefficient (Wildman–Crippen LogP) is 4.74. The summed E-state index contributed by atoms with van der Waals surface area (Å²) in [5, 5.41) is 0.894. The van der Waals surface area contributed by atoms with Crippen LogP contribution in [0.2, 0.25) is 10.0 Å². The van der Waals surface area contributed by atoms with Gasteiger partial charge in [0.1, 0.15) is 5.75 Å². The lowest BCUT2D eigenvalue weighted by Gasteiger charge is -2.02. The molecular weight excluding hydrogens is 349 g/mol. The second-order valence-corrected chi connectivity index (χ2v) is 5.81. The van der Waals surface area contributed by atoms with Crippen molar-refractivity contribution in [1.82, 2.24) is 0 Å². The number of cyclic esters (lactones) is 1. The summed E-state index contributed by atoms with van der Waals surface area (Å²) in [4.78, 5) is 16.2. The van der Waals surface area contributed by atoms with Gasteiger partial charge in [0.05, 0.1) is 17.2 Å². The van der Waals surface area contributed by atoms with Crippen LogP contribution in [-0.4, -0.2) is 18.5 Å². The zero-order chi connectivity index (χ0) is 17.1. The number of hydrogen-bond donors (Lipinski definition) is 0. The van der Waals surface area contributed by atoms with Crippen LogP contribution in [0.15, 0.2) is 53.2 Å². The third-order valence-corrected chi connectivity index (χ3v) is 3.84. The van der Waals surface area contributed by atoms with E-state index >= 15 is 0 Å². The molecule has 0 fully saturated rings. The van der Waals surface area contributed by atoms with Crippen molar-refractivity contribution in [3.8, 4) is 5.75 Å². The van der Waals surface area contributed by atoms with Crippen molar-refractivity contribution in [1.29, 1.82) is 0 Å². The van der Waals surface area contributed by atoms with Crippen LogP contribution in [0.25, 0.3) is 6.08 Å². The van der Waals surface area contributed by atoms with Gasteiger partial charge in [0.25, 0.3) is 0 Å². The summed E-state index contributed by atoms with van der Waals surface area (Å²) in [6.07, 6.45) is 1.64. The zero-order valence-corrected chi connectivity index (χ0v) is 14.3. The highest BCUT2D eigenvalue weighted by molar-refractivity contribution is 6.36. The summed E-state index contributed by atoms with van der Waals surface area (Å²) in [5.41, 5.74) is 1.49. The molecule has 0 spiro atoms. The van der Waals surface area contributed by atoms with Gasteiger partial charge in [-0.05, 0) is 48.9 Å². The first-order valence-electron chi connectivity index (χ1n) is 7.27. The van der Waals surface area contributed by atoms with Gasteiger partial charge in [0.2, 0.25) is 5.90 Å². The van der Waals surface area contributed by atoms with E-state index < -0.39 is 5.97 Å². The fraction of sp³-hybridized carbons (Fsp3) is 0.111. The number of carbonyl (C=O) groups excluding carboxylic acids is 1. The molecule has 0 atom stereocenters. The van der Waals surface area contributed by atoms with E-state index in [4.69, 9.17) is 32.7 Å². The van der Waals surface area contributed by atoms with E-state index in [-0.39, 0.29) is 11.6 Å². The van der Waals surface area contributed by atoms with Gasteiger partial charge >= 0.3 is 5.97 Å². The van der Waals surface area contributed by atoms with Crippen molar-refractivity contribution < 1.29 is 14.3 Å². The molecule has 4 nitrogen and oxygen atoms in total. The summed E-state index contributed by atoms with van der Waals surface area (Å²) in [5.74, 6) is 0.378. The molecule has 122 valence electrons. The van der Waals surface area contributed by atoms with Gasteiger partial charge in [0, 0.05) is 5.02 Å². The maximum Gasteiger partial charge on any atom is 0.363 e. The number of rotatable bonds is 4. The maximum atomic E-state index is 12.0. The minimum Gasteiger partial charge on any atom is -0.494 e. The summed E-state index contributed by atoms with van der Waals surface area (Å²) >= 11 is 12.1. The highest BCUT2D eigenvalue weighted by Gasteiger charge is 2.25. The number of hydrogen-bond acceptors (Lipinski definition) is 4. The van der Waals surface area contributed by atoms with Gasteiger partial charge in [-0.3, -0.25) is 0 Å². The van der Waals surface area contributed by atoms with Crippen molar-refractivity contribution in [3.05, 3.63) is 69.3 Å². The smallest absolute Gasteiger partial charge is 0.363 e. The first-order chi connectivity index (χ1) is 11.6. The molecule has 1 aliphatic heterocycles. The molecule has 0 saturated heterocycles. The molecule has 0 amide bonds. The van der Waals surface area contributed by atoms with E-state index in [0.717, 1.165) is 11.3 Å². The van der Waals surface area contributed by atoms with Gasteiger partial charge in [-0.2, -0.15) is 0 Å².